The molecule has 0 saturated heterocycles. The molecule has 0 fully saturated rings. The number of halogens is 1. The lowest BCUT2D eigenvalue weighted by Gasteiger charge is -2.08. The van der Waals surface area contributed by atoms with E-state index in [1.54, 1.807) is 23.6 Å². The third-order valence-electron chi connectivity index (χ3n) is 2.52. The Hall–Kier alpha value is -0.880. The first-order chi connectivity index (χ1) is 8.49. The average Bonchev–Trinajstić information content (AvgIpc) is 2.82. The summed E-state index contributed by atoms with van der Waals surface area (Å²) in [5.41, 5.74) is 1.89. The Morgan fingerprint density at radius 2 is 2.11 bits per heavy atom. The maximum absolute atomic E-state index is 11.9. The minimum atomic E-state index is -3.41. The molecule has 0 aliphatic rings. The Morgan fingerprint density at radius 1 is 1.33 bits per heavy atom. The van der Waals surface area contributed by atoms with Crippen LogP contribution in [-0.4, -0.2) is 8.42 Å². The first kappa shape index (κ1) is 13.5. The van der Waals surface area contributed by atoms with Gasteiger partial charge in [0.15, 0.2) is 0 Å². The van der Waals surface area contributed by atoms with Crippen molar-refractivity contribution in [3.63, 3.8) is 0 Å². The van der Waals surface area contributed by atoms with Crippen molar-refractivity contribution in [2.45, 2.75) is 17.7 Å². The van der Waals surface area contributed by atoms with Crippen LogP contribution in [0.4, 0.5) is 0 Å². The highest BCUT2D eigenvalue weighted by molar-refractivity contribution is 7.91. The Kier molecular flexibility index (Phi) is 4.07. The molecule has 1 heterocycles. The second kappa shape index (κ2) is 5.40. The van der Waals surface area contributed by atoms with Crippen molar-refractivity contribution in [2.75, 3.05) is 0 Å². The van der Waals surface area contributed by atoms with Crippen molar-refractivity contribution in [1.29, 1.82) is 0 Å². The van der Waals surface area contributed by atoms with Crippen molar-refractivity contribution in [3.05, 3.63) is 51.9 Å². The Bertz CT molecular complexity index is 636. The summed E-state index contributed by atoms with van der Waals surface area (Å²) >= 11 is 7.05. The van der Waals surface area contributed by atoms with Crippen LogP contribution in [0.5, 0.6) is 0 Å². The zero-order valence-electron chi connectivity index (χ0n) is 9.68. The molecule has 0 saturated carbocycles. The van der Waals surface area contributed by atoms with Crippen molar-refractivity contribution >= 4 is 33.0 Å². The molecule has 0 bridgehead atoms. The Balaban J connectivity index is 2.13. The van der Waals surface area contributed by atoms with Gasteiger partial charge in [0.2, 0.25) is 10.0 Å². The Labute approximate surface area is 115 Å². The third kappa shape index (κ3) is 3.11. The fraction of sp³-hybridized carbons (Fsp3) is 0.167. The summed E-state index contributed by atoms with van der Waals surface area (Å²) in [7, 11) is -3.41. The molecule has 1 N–H and O–H groups in total. The predicted molar refractivity (Wildman–Crippen MR) is 74.5 cm³/mol. The zero-order chi connectivity index (χ0) is 13.2. The van der Waals surface area contributed by atoms with Gasteiger partial charge in [-0.05, 0) is 41.6 Å². The number of rotatable bonds is 4. The van der Waals surface area contributed by atoms with E-state index in [0.29, 0.717) is 9.23 Å². The van der Waals surface area contributed by atoms with Gasteiger partial charge in [0.25, 0.3) is 0 Å². The van der Waals surface area contributed by atoms with Crippen LogP contribution in [0, 0.1) is 6.92 Å². The maximum atomic E-state index is 11.9. The topological polar surface area (TPSA) is 46.2 Å². The molecule has 0 unspecified atom stereocenters. The standard InChI is InChI=1S/C12H12ClNO2S2/c1-9-7-11(13)5-4-10(9)8-14-18(15,16)12-3-2-6-17-12/h2-7,14H,8H2,1H3. The lowest BCUT2D eigenvalue weighted by Crippen LogP contribution is -2.22. The summed E-state index contributed by atoms with van der Waals surface area (Å²) in [5.74, 6) is 0. The highest BCUT2D eigenvalue weighted by Gasteiger charge is 2.14. The summed E-state index contributed by atoms with van der Waals surface area (Å²) in [6.07, 6.45) is 0. The van der Waals surface area contributed by atoms with Gasteiger partial charge in [0.05, 0.1) is 0 Å². The van der Waals surface area contributed by atoms with Gasteiger partial charge in [-0.25, -0.2) is 13.1 Å². The van der Waals surface area contributed by atoms with E-state index in [-0.39, 0.29) is 6.54 Å². The van der Waals surface area contributed by atoms with Gasteiger partial charge in [0, 0.05) is 11.6 Å². The monoisotopic (exact) mass is 301 g/mol. The predicted octanol–water partition coefficient (Wildman–Crippen LogP) is 3.19. The highest BCUT2D eigenvalue weighted by Crippen LogP contribution is 2.18. The quantitative estimate of drug-likeness (QED) is 0.942. The van der Waals surface area contributed by atoms with Gasteiger partial charge in [-0.2, -0.15) is 0 Å². The summed E-state index contributed by atoms with van der Waals surface area (Å²) in [4.78, 5) is 0. The van der Waals surface area contributed by atoms with Crippen LogP contribution in [0.2, 0.25) is 5.02 Å². The van der Waals surface area contributed by atoms with Crippen LogP contribution in [0.3, 0.4) is 0 Å². The van der Waals surface area contributed by atoms with Crippen LogP contribution in [0.1, 0.15) is 11.1 Å². The molecule has 18 heavy (non-hydrogen) atoms. The molecule has 1 aromatic heterocycles. The van der Waals surface area contributed by atoms with Crippen molar-refractivity contribution < 1.29 is 8.42 Å². The largest absolute Gasteiger partial charge is 0.250 e. The van der Waals surface area contributed by atoms with Gasteiger partial charge in [-0.15, -0.1) is 11.3 Å². The smallest absolute Gasteiger partial charge is 0.206 e. The lowest BCUT2D eigenvalue weighted by atomic mass is 10.1. The molecule has 0 radical (unpaired) electrons. The van der Waals surface area contributed by atoms with Crippen LogP contribution in [0.25, 0.3) is 0 Å². The molecular formula is C12H12ClNO2S2. The van der Waals surface area contributed by atoms with Crippen molar-refractivity contribution in [3.8, 4) is 0 Å². The van der Waals surface area contributed by atoms with Crippen LogP contribution >= 0.6 is 22.9 Å². The number of sulfonamides is 1. The molecule has 96 valence electrons. The number of thiophene rings is 1. The minimum absolute atomic E-state index is 0.267. The molecule has 0 spiro atoms. The van der Waals surface area contributed by atoms with E-state index >= 15 is 0 Å². The lowest BCUT2D eigenvalue weighted by molar-refractivity contribution is 0.583. The van der Waals surface area contributed by atoms with Crippen molar-refractivity contribution in [1.82, 2.24) is 4.72 Å². The number of nitrogens with one attached hydrogen (secondary N) is 1. The molecule has 0 amide bonds. The van der Waals surface area contributed by atoms with Crippen molar-refractivity contribution in [2.24, 2.45) is 0 Å². The average molecular weight is 302 g/mol. The molecule has 0 atom stereocenters. The molecule has 2 aromatic rings. The molecule has 6 heteroatoms. The second-order valence-corrected chi connectivity index (χ2v) is 7.21. The van der Waals surface area contributed by atoms with E-state index in [2.05, 4.69) is 4.72 Å². The number of hydrogen-bond donors (Lipinski definition) is 1. The van der Waals surface area contributed by atoms with Gasteiger partial charge >= 0.3 is 0 Å². The van der Waals surface area contributed by atoms with E-state index in [1.807, 2.05) is 19.1 Å². The van der Waals surface area contributed by atoms with E-state index in [9.17, 15) is 8.42 Å². The fourth-order valence-electron chi connectivity index (χ4n) is 1.52. The fourth-order valence-corrected chi connectivity index (χ4v) is 3.79. The third-order valence-corrected chi connectivity index (χ3v) is 5.55. The second-order valence-electron chi connectivity index (χ2n) is 3.83. The summed E-state index contributed by atoms with van der Waals surface area (Å²) in [5, 5.41) is 2.39. The van der Waals surface area contributed by atoms with Crippen LogP contribution in [0.15, 0.2) is 39.9 Å². The molecule has 3 nitrogen and oxygen atoms in total. The number of benzene rings is 1. The number of hydrogen-bond acceptors (Lipinski definition) is 3. The summed E-state index contributed by atoms with van der Waals surface area (Å²) in [6.45, 7) is 2.17. The van der Waals surface area contributed by atoms with Gasteiger partial charge in [0.1, 0.15) is 4.21 Å². The number of aryl methyl sites for hydroxylation is 1. The van der Waals surface area contributed by atoms with Gasteiger partial charge < -0.3 is 0 Å². The summed E-state index contributed by atoms with van der Waals surface area (Å²) < 4.78 is 26.7. The first-order valence-electron chi connectivity index (χ1n) is 5.27. The molecule has 0 aliphatic heterocycles. The molecule has 1 aromatic carbocycles. The van der Waals surface area contributed by atoms with Gasteiger partial charge in [-0.1, -0.05) is 23.7 Å². The van der Waals surface area contributed by atoms with E-state index in [4.69, 9.17) is 11.6 Å². The van der Waals surface area contributed by atoms with Crippen LogP contribution < -0.4 is 4.72 Å². The Morgan fingerprint density at radius 3 is 2.72 bits per heavy atom. The van der Waals surface area contributed by atoms with Crippen LogP contribution in [-0.2, 0) is 16.6 Å². The molecule has 2 rings (SSSR count). The SMILES string of the molecule is Cc1cc(Cl)ccc1CNS(=O)(=O)c1cccs1. The highest BCUT2D eigenvalue weighted by atomic mass is 35.5. The zero-order valence-corrected chi connectivity index (χ0v) is 12.1. The minimum Gasteiger partial charge on any atom is -0.206 e. The van der Waals surface area contributed by atoms with E-state index < -0.39 is 10.0 Å². The maximum Gasteiger partial charge on any atom is 0.250 e. The summed E-state index contributed by atoms with van der Waals surface area (Å²) in [6, 6.07) is 8.70. The molecular weight excluding hydrogens is 290 g/mol. The van der Waals surface area contributed by atoms with E-state index in [0.717, 1.165) is 11.1 Å². The van der Waals surface area contributed by atoms with Gasteiger partial charge in [-0.3, -0.25) is 0 Å². The normalized spacial score (nSPS) is 11.7. The first-order valence-corrected chi connectivity index (χ1v) is 8.01. The van der Waals surface area contributed by atoms with E-state index in [1.165, 1.54) is 11.3 Å². The molecule has 0 aliphatic carbocycles.